The molecule has 1 saturated heterocycles. The molecule has 0 spiro atoms. The zero-order valence-corrected chi connectivity index (χ0v) is 12.9. The van der Waals surface area contributed by atoms with Crippen molar-refractivity contribution in [3.8, 4) is 5.75 Å². The van der Waals surface area contributed by atoms with E-state index < -0.39 is 10.0 Å². The normalized spacial score (nSPS) is 16.4. The Bertz CT molecular complexity index is 749. The number of sulfonamides is 1. The van der Waals surface area contributed by atoms with Crippen LogP contribution in [0.15, 0.2) is 41.3 Å². The van der Waals surface area contributed by atoms with Gasteiger partial charge < -0.3 is 4.74 Å². The minimum absolute atomic E-state index is 0.376. The van der Waals surface area contributed by atoms with Gasteiger partial charge in [-0.3, -0.25) is 0 Å². The van der Waals surface area contributed by atoms with E-state index >= 15 is 0 Å². The van der Waals surface area contributed by atoms with E-state index in [-0.39, 0.29) is 0 Å². The Kier molecular flexibility index (Phi) is 3.87. The van der Waals surface area contributed by atoms with Gasteiger partial charge in [-0.25, -0.2) is 8.42 Å². The van der Waals surface area contributed by atoms with E-state index in [4.69, 9.17) is 4.74 Å². The van der Waals surface area contributed by atoms with Gasteiger partial charge in [0.2, 0.25) is 10.0 Å². The number of nitrogens with zero attached hydrogens (tertiary/aromatic N) is 1. The highest BCUT2D eigenvalue weighted by atomic mass is 32.2. The summed E-state index contributed by atoms with van der Waals surface area (Å²) in [6.45, 7) is 3.82. The third-order valence-electron chi connectivity index (χ3n) is 3.80. The van der Waals surface area contributed by atoms with Crippen LogP contribution in [0.25, 0.3) is 10.8 Å². The summed E-state index contributed by atoms with van der Waals surface area (Å²) in [7, 11) is -3.35. The summed E-state index contributed by atoms with van der Waals surface area (Å²) in [5.74, 6) is 0.806. The van der Waals surface area contributed by atoms with Gasteiger partial charge in [-0.05, 0) is 54.8 Å². The van der Waals surface area contributed by atoms with E-state index in [9.17, 15) is 8.42 Å². The molecule has 5 heteroatoms. The van der Waals surface area contributed by atoms with Crippen molar-refractivity contribution in [2.45, 2.75) is 24.7 Å². The van der Waals surface area contributed by atoms with E-state index in [1.54, 1.807) is 16.4 Å². The maximum atomic E-state index is 12.5. The van der Waals surface area contributed by atoms with E-state index in [0.717, 1.165) is 29.4 Å². The molecule has 0 aliphatic carbocycles. The molecule has 0 aromatic heterocycles. The van der Waals surface area contributed by atoms with E-state index in [1.807, 2.05) is 31.2 Å². The predicted molar refractivity (Wildman–Crippen MR) is 83.1 cm³/mol. The first-order valence-electron chi connectivity index (χ1n) is 7.28. The van der Waals surface area contributed by atoms with Crippen molar-refractivity contribution in [3.05, 3.63) is 36.4 Å². The minimum atomic E-state index is -3.35. The molecule has 0 radical (unpaired) electrons. The van der Waals surface area contributed by atoms with Gasteiger partial charge in [-0.1, -0.05) is 12.1 Å². The Morgan fingerprint density at radius 1 is 1.05 bits per heavy atom. The van der Waals surface area contributed by atoms with Crippen molar-refractivity contribution in [3.63, 3.8) is 0 Å². The van der Waals surface area contributed by atoms with Gasteiger partial charge in [-0.15, -0.1) is 0 Å². The lowest BCUT2D eigenvalue weighted by molar-refractivity contribution is 0.341. The van der Waals surface area contributed by atoms with Crippen LogP contribution in [0.1, 0.15) is 19.8 Å². The quantitative estimate of drug-likeness (QED) is 0.872. The van der Waals surface area contributed by atoms with Crippen LogP contribution in [0, 0.1) is 0 Å². The van der Waals surface area contributed by atoms with E-state index in [0.29, 0.717) is 24.6 Å². The maximum absolute atomic E-state index is 12.5. The smallest absolute Gasteiger partial charge is 0.243 e. The van der Waals surface area contributed by atoms with Crippen molar-refractivity contribution in [2.75, 3.05) is 19.7 Å². The highest BCUT2D eigenvalue weighted by Crippen LogP contribution is 2.26. The largest absolute Gasteiger partial charge is 0.494 e. The summed E-state index contributed by atoms with van der Waals surface area (Å²) in [6, 6.07) is 11.0. The predicted octanol–water partition coefficient (Wildman–Crippen LogP) is 3.02. The summed E-state index contributed by atoms with van der Waals surface area (Å²) in [5.41, 5.74) is 0. The molecule has 0 N–H and O–H groups in total. The van der Waals surface area contributed by atoms with Gasteiger partial charge in [0.25, 0.3) is 0 Å². The average Bonchev–Trinajstić information content (AvgIpc) is 3.02. The van der Waals surface area contributed by atoms with Crippen LogP contribution < -0.4 is 4.74 Å². The fourth-order valence-electron chi connectivity index (χ4n) is 2.70. The molecular weight excluding hydrogens is 286 g/mol. The van der Waals surface area contributed by atoms with E-state index in [1.165, 1.54) is 0 Å². The lowest BCUT2D eigenvalue weighted by Crippen LogP contribution is -2.27. The molecule has 1 fully saturated rings. The zero-order chi connectivity index (χ0) is 14.9. The summed E-state index contributed by atoms with van der Waals surface area (Å²) in [6.07, 6.45) is 1.90. The molecule has 0 amide bonds. The lowest BCUT2D eigenvalue weighted by atomic mass is 10.1. The first-order valence-corrected chi connectivity index (χ1v) is 8.72. The first kappa shape index (κ1) is 14.4. The Balaban J connectivity index is 1.99. The van der Waals surface area contributed by atoms with Crippen LogP contribution in [-0.4, -0.2) is 32.4 Å². The van der Waals surface area contributed by atoms with Crippen LogP contribution in [0.2, 0.25) is 0 Å². The monoisotopic (exact) mass is 305 g/mol. The fourth-order valence-corrected chi connectivity index (χ4v) is 4.25. The molecule has 1 aliphatic heterocycles. The van der Waals surface area contributed by atoms with Gasteiger partial charge in [0.15, 0.2) is 0 Å². The molecule has 0 saturated carbocycles. The molecule has 0 atom stereocenters. The Morgan fingerprint density at radius 3 is 2.43 bits per heavy atom. The second-order valence-corrected chi connectivity index (χ2v) is 7.15. The Morgan fingerprint density at radius 2 is 1.71 bits per heavy atom. The minimum Gasteiger partial charge on any atom is -0.494 e. The number of benzene rings is 2. The molecule has 0 unspecified atom stereocenters. The standard InChI is InChI=1S/C16H19NO3S/c1-2-20-15-7-5-14-12-16(8-6-13(14)11-15)21(18,19)17-9-3-4-10-17/h5-8,11-12H,2-4,9-10H2,1H3. The number of rotatable bonds is 4. The third kappa shape index (κ3) is 2.76. The second-order valence-electron chi connectivity index (χ2n) is 5.21. The molecule has 2 aromatic rings. The average molecular weight is 305 g/mol. The molecule has 1 heterocycles. The van der Waals surface area contributed by atoms with Crippen LogP contribution in [0.3, 0.4) is 0 Å². The van der Waals surface area contributed by atoms with Crippen molar-refractivity contribution in [1.82, 2.24) is 4.31 Å². The highest BCUT2D eigenvalue weighted by molar-refractivity contribution is 7.89. The van der Waals surface area contributed by atoms with Gasteiger partial charge in [0, 0.05) is 13.1 Å². The van der Waals surface area contributed by atoms with Crippen LogP contribution in [0.4, 0.5) is 0 Å². The summed E-state index contributed by atoms with van der Waals surface area (Å²) < 4.78 is 32.1. The van der Waals surface area contributed by atoms with Gasteiger partial charge >= 0.3 is 0 Å². The molecule has 2 aromatic carbocycles. The van der Waals surface area contributed by atoms with E-state index in [2.05, 4.69) is 0 Å². The van der Waals surface area contributed by atoms with Crippen molar-refractivity contribution < 1.29 is 13.2 Å². The van der Waals surface area contributed by atoms with Crippen LogP contribution >= 0.6 is 0 Å². The topological polar surface area (TPSA) is 46.6 Å². The van der Waals surface area contributed by atoms with Gasteiger partial charge in [0.1, 0.15) is 5.75 Å². The van der Waals surface area contributed by atoms with Crippen LogP contribution in [0.5, 0.6) is 5.75 Å². The molecule has 0 bridgehead atoms. The Labute approximate surface area is 125 Å². The molecule has 3 rings (SSSR count). The number of ether oxygens (including phenoxy) is 1. The molecule has 4 nitrogen and oxygen atoms in total. The van der Waals surface area contributed by atoms with Crippen LogP contribution in [-0.2, 0) is 10.0 Å². The second kappa shape index (κ2) is 5.66. The van der Waals surface area contributed by atoms with Crippen molar-refractivity contribution in [2.24, 2.45) is 0 Å². The third-order valence-corrected chi connectivity index (χ3v) is 5.69. The summed E-state index contributed by atoms with van der Waals surface area (Å²) in [4.78, 5) is 0.376. The number of hydrogen-bond acceptors (Lipinski definition) is 3. The SMILES string of the molecule is CCOc1ccc2cc(S(=O)(=O)N3CCCC3)ccc2c1. The molecule has 1 aliphatic rings. The fraction of sp³-hybridized carbons (Fsp3) is 0.375. The van der Waals surface area contributed by atoms with Gasteiger partial charge in [-0.2, -0.15) is 4.31 Å². The Hall–Kier alpha value is -1.59. The summed E-state index contributed by atoms with van der Waals surface area (Å²) >= 11 is 0. The first-order chi connectivity index (χ1) is 10.1. The van der Waals surface area contributed by atoms with Crippen molar-refractivity contribution in [1.29, 1.82) is 0 Å². The lowest BCUT2D eigenvalue weighted by Gasteiger charge is -2.16. The molecular formula is C16H19NO3S. The molecule has 21 heavy (non-hydrogen) atoms. The number of hydrogen-bond donors (Lipinski definition) is 0. The zero-order valence-electron chi connectivity index (χ0n) is 12.1. The highest BCUT2D eigenvalue weighted by Gasteiger charge is 2.27. The van der Waals surface area contributed by atoms with Gasteiger partial charge in [0.05, 0.1) is 11.5 Å². The van der Waals surface area contributed by atoms with Crippen molar-refractivity contribution >= 4 is 20.8 Å². The number of fused-ring (bicyclic) bond motifs is 1. The summed E-state index contributed by atoms with van der Waals surface area (Å²) in [5, 5.41) is 1.90. The maximum Gasteiger partial charge on any atom is 0.243 e. The molecule has 112 valence electrons.